The van der Waals surface area contributed by atoms with E-state index in [9.17, 15) is 0 Å². The molecule has 0 spiro atoms. The van der Waals surface area contributed by atoms with Crippen molar-refractivity contribution in [2.24, 2.45) is 0 Å². The zero-order chi connectivity index (χ0) is 10.7. The Morgan fingerprint density at radius 2 is 2.00 bits per heavy atom. The van der Waals surface area contributed by atoms with Gasteiger partial charge in [0.15, 0.2) is 0 Å². The van der Waals surface area contributed by atoms with Crippen LogP contribution < -0.4 is 5.32 Å². The smallest absolute Gasteiger partial charge is 0.0952 e. The molecular formula is C13H16N2. The predicted molar refractivity (Wildman–Crippen MR) is 60.5 cm³/mol. The molecule has 0 heterocycles. The molecule has 2 rings (SSSR count). The largest absolute Gasteiger partial charge is 0.298 e. The molecule has 1 N–H and O–H groups in total. The zero-order valence-electron chi connectivity index (χ0n) is 9.03. The van der Waals surface area contributed by atoms with E-state index in [0.717, 1.165) is 19.3 Å². The second-order valence-electron chi connectivity index (χ2n) is 4.13. The number of fused-ring (bicyclic) bond motifs is 1. The molecule has 1 atom stereocenters. The summed E-state index contributed by atoms with van der Waals surface area (Å²) in [5, 5.41) is 12.3. The number of nitriles is 1. The average Bonchev–Trinajstić information content (AvgIpc) is 2.68. The third-order valence-electron chi connectivity index (χ3n) is 3.05. The first-order valence-corrected chi connectivity index (χ1v) is 5.56. The van der Waals surface area contributed by atoms with Crippen molar-refractivity contribution < 1.29 is 0 Å². The van der Waals surface area contributed by atoms with Gasteiger partial charge in [-0.15, -0.1) is 0 Å². The van der Waals surface area contributed by atoms with Crippen LogP contribution in [0.1, 0.15) is 24.5 Å². The van der Waals surface area contributed by atoms with Gasteiger partial charge in [0.2, 0.25) is 0 Å². The van der Waals surface area contributed by atoms with Gasteiger partial charge in [0.25, 0.3) is 0 Å². The molecule has 15 heavy (non-hydrogen) atoms. The van der Waals surface area contributed by atoms with Crippen molar-refractivity contribution in [1.82, 2.24) is 5.32 Å². The van der Waals surface area contributed by atoms with Crippen molar-refractivity contribution in [3.8, 4) is 6.07 Å². The van der Waals surface area contributed by atoms with E-state index in [1.165, 1.54) is 11.1 Å². The maximum Gasteiger partial charge on any atom is 0.0952 e. The fourth-order valence-electron chi connectivity index (χ4n) is 2.21. The Morgan fingerprint density at radius 3 is 2.47 bits per heavy atom. The molecule has 78 valence electrons. The minimum atomic E-state index is 0.00399. The van der Waals surface area contributed by atoms with Crippen LogP contribution in [0.2, 0.25) is 0 Å². The van der Waals surface area contributed by atoms with Gasteiger partial charge in [0, 0.05) is 6.04 Å². The van der Waals surface area contributed by atoms with Crippen molar-refractivity contribution in [2.75, 3.05) is 0 Å². The van der Waals surface area contributed by atoms with Gasteiger partial charge in [-0.2, -0.15) is 5.26 Å². The molecule has 2 nitrogen and oxygen atoms in total. The van der Waals surface area contributed by atoms with Crippen LogP contribution in [0, 0.1) is 11.3 Å². The maximum atomic E-state index is 8.89. The number of rotatable bonds is 3. The molecule has 2 heteroatoms. The fourth-order valence-corrected chi connectivity index (χ4v) is 2.21. The van der Waals surface area contributed by atoms with Crippen LogP contribution in [-0.4, -0.2) is 12.1 Å². The molecule has 1 aliphatic carbocycles. The second-order valence-corrected chi connectivity index (χ2v) is 4.13. The van der Waals surface area contributed by atoms with Gasteiger partial charge in [0.1, 0.15) is 0 Å². The molecule has 0 saturated carbocycles. The summed E-state index contributed by atoms with van der Waals surface area (Å²) in [7, 11) is 0. The van der Waals surface area contributed by atoms with Crippen molar-refractivity contribution in [3.63, 3.8) is 0 Å². The Kier molecular flexibility index (Phi) is 3.03. The normalized spacial score (nSPS) is 17.1. The molecule has 0 bridgehead atoms. The van der Waals surface area contributed by atoms with Gasteiger partial charge in [-0.25, -0.2) is 0 Å². The Morgan fingerprint density at radius 1 is 1.40 bits per heavy atom. The van der Waals surface area contributed by atoms with E-state index >= 15 is 0 Å². The number of hydrogen-bond donors (Lipinski definition) is 1. The van der Waals surface area contributed by atoms with Crippen LogP contribution in [0.4, 0.5) is 0 Å². The Bertz CT molecular complexity index is 353. The van der Waals surface area contributed by atoms with E-state index in [-0.39, 0.29) is 6.04 Å². The van der Waals surface area contributed by atoms with E-state index in [1.54, 1.807) is 0 Å². The number of hydrogen-bond acceptors (Lipinski definition) is 2. The van der Waals surface area contributed by atoms with E-state index in [1.807, 2.05) is 6.92 Å². The molecule has 0 radical (unpaired) electrons. The van der Waals surface area contributed by atoms with E-state index in [2.05, 4.69) is 35.7 Å². The minimum absolute atomic E-state index is 0.00399. The summed E-state index contributed by atoms with van der Waals surface area (Å²) in [6.45, 7) is 2.04. The van der Waals surface area contributed by atoms with Crippen LogP contribution in [0.5, 0.6) is 0 Å². The van der Waals surface area contributed by atoms with Gasteiger partial charge in [-0.3, -0.25) is 5.32 Å². The molecule has 1 aromatic rings. The first kappa shape index (κ1) is 10.2. The third-order valence-corrected chi connectivity index (χ3v) is 3.05. The zero-order valence-corrected chi connectivity index (χ0v) is 9.03. The monoisotopic (exact) mass is 200 g/mol. The Balaban J connectivity index is 1.99. The highest BCUT2D eigenvalue weighted by molar-refractivity contribution is 5.33. The minimum Gasteiger partial charge on any atom is -0.298 e. The molecular weight excluding hydrogens is 184 g/mol. The topological polar surface area (TPSA) is 35.8 Å². The van der Waals surface area contributed by atoms with Crippen molar-refractivity contribution in [1.29, 1.82) is 5.26 Å². The fraction of sp³-hybridized carbons (Fsp3) is 0.462. The SMILES string of the molecule is CCC(C#N)NC1Cc2ccccc2C1. The summed E-state index contributed by atoms with van der Waals surface area (Å²) in [6.07, 6.45) is 3.01. The summed E-state index contributed by atoms with van der Waals surface area (Å²) >= 11 is 0. The molecule has 0 amide bonds. The molecule has 0 aromatic heterocycles. The van der Waals surface area contributed by atoms with Crippen LogP contribution in [0.25, 0.3) is 0 Å². The lowest BCUT2D eigenvalue weighted by Crippen LogP contribution is -2.37. The van der Waals surface area contributed by atoms with E-state index in [0.29, 0.717) is 6.04 Å². The molecule has 1 aliphatic rings. The molecule has 1 aromatic carbocycles. The number of nitrogens with zero attached hydrogens (tertiary/aromatic N) is 1. The van der Waals surface area contributed by atoms with E-state index < -0.39 is 0 Å². The summed E-state index contributed by atoms with van der Waals surface area (Å²) in [4.78, 5) is 0. The molecule has 1 unspecified atom stereocenters. The number of nitrogens with one attached hydrogen (secondary N) is 1. The van der Waals surface area contributed by atoms with Crippen LogP contribution in [0.3, 0.4) is 0 Å². The summed E-state index contributed by atoms with van der Waals surface area (Å²) in [5.74, 6) is 0. The van der Waals surface area contributed by atoms with Gasteiger partial charge in [-0.05, 0) is 30.4 Å². The summed E-state index contributed by atoms with van der Waals surface area (Å²) in [5.41, 5.74) is 2.87. The Labute approximate surface area is 90.9 Å². The molecule has 0 aliphatic heterocycles. The standard InChI is InChI=1S/C13H16N2/c1-2-12(9-14)15-13-7-10-5-3-4-6-11(10)8-13/h3-6,12-13,15H,2,7-8H2,1H3. The maximum absolute atomic E-state index is 8.89. The molecule has 0 saturated heterocycles. The Hall–Kier alpha value is -1.33. The highest BCUT2D eigenvalue weighted by Gasteiger charge is 2.22. The second kappa shape index (κ2) is 4.46. The van der Waals surface area contributed by atoms with Gasteiger partial charge < -0.3 is 0 Å². The van der Waals surface area contributed by atoms with Crippen LogP contribution >= 0.6 is 0 Å². The van der Waals surface area contributed by atoms with Gasteiger partial charge in [-0.1, -0.05) is 31.2 Å². The van der Waals surface area contributed by atoms with E-state index in [4.69, 9.17) is 5.26 Å². The lowest BCUT2D eigenvalue weighted by atomic mass is 10.1. The lowest BCUT2D eigenvalue weighted by Gasteiger charge is -2.15. The first-order chi connectivity index (χ1) is 7.33. The molecule has 0 fully saturated rings. The third kappa shape index (κ3) is 2.19. The van der Waals surface area contributed by atoms with Gasteiger partial charge >= 0.3 is 0 Å². The highest BCUT2D eigenvalue weighted by Crippen LogP contribution is 2.21. The lowest BCUT2D eigenvalue weighted by molar-refractivity contribution is 0.480. The quantitative estimate of drug-likeness (QED) is 0.810. The summed E-state index contributed by atoms with van der Waals surface area (Å²) < 4.78 is 0. The van der Waals surface area contributed by atoms with Crippen LogP contribution in [-0.2, 0) is 12.8 Å². The van der Waals surface area contributed by atoms with Crippen molar-refractivity contribution in [3.05, 3.63) is 35.4 Å². The highest BCUT2D eigenvalue weighted by atomic mass is 14.9. The van der Waals surface area contributed by atoms with Crippen molar-refractivity contribution >= 4 is 0 Å². The average molecular weight is 200 g/mol. The predicted octanol–water partition coefficient (Wildman–Crippen LogP) is 2.05. The first-order valence-electron chi connectivity index (χ1n) is 5.56. The van der Waals surface area contributed by atoms with Crippen LogP contribution in [0.15, 0.2) is 24.3 Å². The summed E-state index contributed by atoms with van der Waals surface area (Å²) in [6, 6.07) is 11.3. The number of benzene rings is 1. The van der Waals surface area contributed by atoms with Gasteiger partial charge in [0.05, 0.1) is 12.1 Å². The van der Waals surface area contributed by atoms with Crippen molar-refractivity contribution in [2.45, 2.75) is 38.3 Å².